The first-order valence-corrected chi connectivity index (χ1v) is 10.7. The molecule has 1 aliphatic rings. The minimum Gasteiger partial charge on any atom is -0.494 e. The molecule has 2 aromatic rings. The van der Waals surface area contributed by atoms with Crippen LogP contribution in [0.25, 0.3) is 0 Å². The first-order valence-electron chi connectivity index (χ1n) is 9.91. The predicted octanol–water partition coefficient (Wildman–Crippen LogP) is 3.56. The van der Waals surface area contributed by atoms with Crippen LogP contribution in [0.1, 0.15) is 34.9 Å². The van der Waals surface area contributed by atoms with Crippen LogP contribution in [-0.4, -0.2) is 43.6 Å². The number of ether oxygens (including phenoxy) is 2. The molecular weight excluding hydrogens is 388 g/mol. The number of benzene rings is 1. The van der Waals surface area contributed by atoms with Crippen LogP contribution in [0.4, 0.5) is 5.00 Å². The van der Waals surface area contributed by atoms with Crippen molar-refractivity contribution in [1.29, 1.82) is 0 Å². The van der Waals surface area contributed by atoms with Crippen LogP contribution in [-0.2, 0) is 33.7 Å². The zero-order valence-corrected chi connectivity index (χ0v) is 18.1. The zero-order chi connectivity index (χ0) is 20.8. The lowest BCUT2D eigenvalue weighted by atomic mass is 10.0. The lowest BCUT2D eigenvalue weighted by molar-refractivity contribution is -0.136. The second-order valence-corrected chi connectivity index (χ2v) is 8.15. The Labute approximate surface area is 175 Å². The van der Waals surface area contributed by atoms with Gasteiger partial charge in [0.1, 0.15) is 12.4 Å². The molecular formula is C22H28N2O4S. The monoisotopic (exact) mass is 416 g/mol. The van der Waals surface area contributed by atoms with E-state index in [0.29, 0.717) is 32.5 Å². The second-order valence-electron chi connectivity index (χ2n) is 7.05. The third-order valence-electron chi connectivity index (χ3n) is 5.09. The van der Waals surface area contributed by atoms with Gasteiger partial charge in [0.05, 0.1) is 18.2 Å². The number of para-hydroxylation sites is 1. The Hall–Kier alpha value is -2.38. The van der Waals surface area contributed by atoms with Gasteiger partial charge in [-0.05, 0) is 49.4 Å². The van der Waals surface area contributed by atoms with Gasteiger partial charge in [-0.15, -0.1) is 11.3 Å². The number of hydrogen-bond donors (Lipinski definition) is 1. The Bertz CT molecular complexity index is 878. The molecule has 0 saturated heterocycles. The van der Waals surface area contributed by atoms with Crippen molar-refractivity contribution in [2.75, 3.05) is 32.2 Å². The highest BCUT2D eigenvalue weighted by Crippen LogP contribution is 2.36. The molecule has 156 valence electrons. The smallest absolute Gasteiger partial charge is 0.248 e. The van der Waals surface area contributed by atoms with Gasteiger partial charge in [0, 0.05) is 25.0 Å². The molecule has 0 spiro atoms. The first-order chi connectivity index (χ1) is 14.0. The standard InChI is InChI=1S/C22H28N2O4S/c1-4-28-18-8-6-5-7-16(18)9-10-20(25)23-22-15(2)17-11-12-24(13-19(17)29-22)21(26)14-27-3/h5-8H,4,9-14H2,1-3H3,(H,23,25). The molecule has 1 aromatic carbocycles. The van der Waals surface area contributed by atoms with Gasteiger partial charge in [-0.1, -0.05) is 18.2 Å². The van der Waals surface area contributed by atoms with Crippen LogP contribution < -0.4 is 10.1 Å². The van der Waals surface area contributed by atoms with Crippen molar-refractivity contribution in [2.45, 2.75) is 39.7 Å². The van der Waals surface area contributed by atoms with Crippen LogP contribution in [0.15, 0.2) is 24.3 Å². The molecule has 6 nitrogen and oxygen atoms in total. The minimum absolute atomic E-state index is 0.00255. The molecule has 0 aliphatic carbocycles. The van der Waals surface area contributed by atoms with Crippen LogP contribution in [0.2, 0.25) is 0 Å². The van der Waals surface area contributed by atoms with Crippen molar-refractivity contribution >= 4 is 28.2 Å². The maximum absolute atomic E-state index is 12.6. The van der Waals surface area contributed by atoms with Crippen LogP contribution >= 0.6 is 11.3 Å². The highest BCUT2D eigenvalue weighted by Gasteiger charge is 2.25. The number of rotatable bonds is 8. The average molecular weight is 417 g/mol. The van der Waals surface area contributed by atoms with Gasteiger partial charge in [0.25, 0.3) is 0 Å². The van der Waals surface area contributed by atoms with Gasteiger partial charge >= 0.3 is 0 Å². The highest BCUT2D eigenvalue weighted by molar-refractivity contribution is 7.16. The number of hydrogen-bond acceptors (Lipinski definition) is 5. The van der Waals surface area contributed by atoms with Gasteiger partial charge in [-0.2, -0.15) is 0 Å². The molecule has 0 fully saturated rings. The predicted molar refractivity (Wildman–Crippen MR) is 115 cm³/mol. The Kier molecular flexibility index (Phi) is 7.28. The first kappa shape index (κ1) is 21.3. The summed E-state index contributed by atoms with van der Waals surface area (Å²) in [6.45, 7) is 5.98. The van der Waals surface area contributed by atoms with E-state index in [0.717, 1.165) is 33.2 Å². The molecule has 1 N–H and O–H groups in total. The van der Waals surface area contributed by atoms with Gasteiger partial charge in [-0.25, -0.2) is 0 Å². The van der Waals surface area contributed by atoms with Crippen molar-refractivity contribution in [2.24, 2.45) is 0 Å². The Morgan fingerprint density at radius 3 is 2.83 bits per heavy atom. The van der Waals surface area contributed by atoms with Gasteiger partial charge in [0.2, 0.25) is 11.8 Å². The van der Waals surface area contributed by atoms with Crippen LogP contribution in [0.5, 0.6) is 5.75 Å². The lowest BCUT2D eigenvalue weighted by Gasteiger charge is -2.26. The molecule has 0 radical (unpaired) electrons. The largest absolute Gasteiger partial charge is 0.494 e. The molecule has 0 bridgehead atoms. The Morgan fingerprint density at radius 2 is 2.07 bits per heavy atom. The molecule has 7 heteroatoms. The average Bonchev–Trinajstić information content (AvgIpc) is 3.02. The van der Waals surface area contributed by atoms with Crippen molar-refractivity contribution in [1.82, 2.24) is 4.90 Å². The van der Waals surface area contributed by atoms with Crippen LogP contribution in [0.3, 0.4) is 0 Å². The molecule has 2 heterocycles. The second kappa shape index (κ2) is 9.89. The number of amides is 2. The van der Waals surface area contributed by atoms with E-state index in [9.17, 15) is 9.59 Å². The molecule has 0 atom stereocenters. The molecule has 29 heavy (non-hydrogen) atoms. The summed E-state index contributed by atoms with van der Waals surface area (Å²) in [7, 11) is 1.53. The Balaban J connectivity index is 1.61. The normalized spacial score (nSPS) is 13.1. The summed E-state index contributed by atoms with van der Waals surface area (Å²) < 4.78 is 10.6. The molecule has 0 unspecified atom stereocenters. The van der Waals surface area contributed by atoms with Crippen molar-refractivity contribution in [3.8, 4) is 5.75 Å². The number of thiophene rings is 1. The van der Waals surface area contributed by atoms with E-state index in [1.54, 1.807) is 11.3 Å². The SMILES string of the molecule is CCOc1ccccc1CCC(=O)Nc1sc2c(c1C)CCN(C(=O)COC)C2. The summed E-state index contributed by atoms with van der Waals surface area (Å²) >= 11 is 1.57. The van der Waals surface area contributed by atoms with E-state index >= 15 is 0 Å². The fraction of sp³-hybridized carbons (Fsp3) is 0.455. The van der Waals surface area contributed by atoms with E-state index < -0.39 is 0 Å². The number of nitrogens with one attached hydrogen (secondary N) is 1. The third-order valence-corrected chi connectivity index (χ3v) is 6.32. The summed E-state index contributed by atoms with van der Waals surface area (Å²) in [6, 6.07) is 7.84. The summed E-state index contributed by atoms with van der Waals surface area (Å²) in [6.07, 6.45) is 1.83. The molecule has 1 aliphatic heterocycles. The topological polar surface area (TPSA) is 67.9 Å². The number of anilines is 1. The van der Waals surface area contributed by atoms with E-state index in [4.69, 9.17) is 9.47 Å². The quantitative estimate of drug-likeness (QED) is 0.715. The summed E-state index contributed by atoms with van der Waals surface area (Å²) in [5.74, 6) is 0.833. The van der Waals surface area contributed by atoms with Crippen molar-refractivity contribution in [3.05, 3.63) is 45.8 Å². The summed E-state index contributed by atoms with van der Waals surface area (Å²) in [4.78, 5) is 27.6. The van der Waals surface area contributed by atoms with Crippen molar-refractivity contribution in [3.63, 3.8) is 0 Å². The maximum atomic E-state index is 12.6. The number of carbonyl (C=O) groups is 2. The molecule has 2 amide bonds. The van der Waals surface area contributed by atoms with Gasteiger partial charge in [0.15, 0.2) is 0 Å². The van der Waals surface area contributed by atoms with Crippen molar-refractivity contribution < 1.29 is 19.1 Å². The number of nitrogens with zero attached hydrogens (tertiary/aromatic N) is 1. The number of carbonyl (C=O) groups excluding carboxylic acids is 2. The van der Waals surface area contributed by atoms with Gasteiger partial charge < -0.3 is 19.7 Å². The van der Waals surface area contributed by atoms with E-state index in [1.165, 1.54) is 12.7 Å². The lowest BCUT2D eigenvalue weighted by Crippen LogP contribution is -2.37. The summed E-state index contributed by atoms with van der Waals surface area (Å²) in [5, 5.41) is 3.96. The van der Waals surface area contributed by atoms with E-state index in [1.807, 2.05) is 43.0 Å². The highest BCUT2D eigenvalue weighted by atomic mass is 32.1. The summed E-state index contributed by atoms with van der Waals surface area (Å²) in [5.41, 5.74) is 3.42. The molecule has 1 aromatic heterocycles. The third kappa shape index (κ3) is 5.16. The molecule has 0 saturated carbocycles. The number of fused-ring (bicyclic) bond motifs is 1. The number of methoxy groups -OCH3 is 1. The van der Waals surface area contributed by atoms with Crippen LogP contribution in [0, 0.1) is 6.92 Å². The fourth-order valence-corrected chi connectivity index (χ4v) is 4.84. The van der Waals surface area contributed by atoms with Gasteiger partial charge in [-0.3, -0.25) is 9.59 Å². The Morgan fingerprint density at radius 1 is 1.28 bits per heavy atom. The number of aryl methyl sites for hydroxylation is 1. The maximum Gasteiger partial charge on any atom is 0.248 e. The van der Waals surface area contributed by atoms with E-state index in [2.05, 4.69) is 5.32 Å². The zero-order valence-electron chi connectivity index (χ0n) is 17.2. The fourth-order valence-electron chi connectivity index (χ4n) is 3.55. The van der Waals surface area contributed by atoms with E-state index in [-0.39, 0.29) is 18.4 Å². The molecule has 3 rings (SSSR count). The minimum atomic E-state index is -0.00897.